The summed E-state index contributed by atoms with van der Waals surface area (Å²) in [7, 11) is 1.64. The maximum absolute atomic E-state index is 12.5. The summed E-state index contributed by atoms with van der Waals surface area (Å²) in [5.74, 6) is 1.52. The van der Waals surface area contributed by atoms with Gasteiger partial charge in [0.15, 0.2) is 5.82 Å². The Bertz CT molecular complexity index is 944. The molecule has 1 amide bonds. The Morgan fingerprint density at radius 1 is 1.37 bits per heavy atom. The van der Waals surface area contributed by atoms with Gasteiger partial charge in [0.1, 0.15) is 18.1 Å². The summed E-state index contributed by atoms with van der Waals surface area (Å²) in [6.45, 7) is 0.981. The minimum absolute atomic E-state index is 0.0917. The third kappa shape index (κ3) is 3.43. The summed E-state index contributed by atoms with van der Waals surface area (Å²) >= 11 is 0. The molecule has 0 atom stereocenters. The van der Waals surface area contributed by atoms with E-state index in [1.165, 1.54) is 0 Å². The van der Waals surface area contributed by atoms with Crippen LogP contribution in [0.5, 0.6) is 0 Å². The number of fused-ring (bicyclic) bond motifs is 1. The molecule has 0 aromatic carbocycles. The van der Waals surface area contributed by atoms with Gasteiger partial charge in [-0.1, -0.05) is 0 Å². The number of hydrogen-bond donors (Lipinski definition) is 2. The molecule has 142 valence electrons. The quantitative estimate of drug-likeness (QED) is 0.635. The molecule has 27 heavy (non-hydrogen) atoms. The monoisotopic (exact) mass is 370 g/mol. The number of hydrogen-bond acceptors (Lipinski definition) is 6. The van der Waals surface area contributed by atoms with Gasteiger partial charge in [-0.2, -0.15) is 0 Å². The van der Waals surface area contributed by atoms with Gasteiger partial charge in [-0.25, -0.2) is 4.98 Å². The van der Waals surface area contributed by atoms with Crippen molar-refractivity contribution in [3.63, 3.8) is 0 Å². The molecular weight excluding hydrogens is 348 g/mol. The first-order valence-electron chi connectivity index (χ1n) is 8.95. The van der Waals surface area contributed by atoms with Gasteiger partial charge in [0.25, 0.3) is 5.91 Å². The number of imidazole rings is 1. The number of amides is 1. The second kappa shape index (κ2) is 7.45. The highest BCUT2D eigenvalue weighted by atomic mass is 16.5. The van der Waals surface area contributed by atoms with Crippen LogP contribution in [0.3, 0.4) is 0 Å². The summed E-state index contributed by atoms with van der Waals surface area (Å²) in [5.41, 5.74) is 1.42. The normalized spacial score (nSPS) is 19.2. The van der Waals surface area contributed by atoms with Crippen molar-refractivity contribution < 1.29 is 14.6 Å². The smallest absolute Gasteiger partial charge is 0.252 e. The lowest BCUT2D eigenvalue weighted by molar-refractivity contribution is 0.0906. The maximum Gasteiger partial charge on any atom is 0.252 e. The molecule has 0 unspecified atom stereocenters. The molecule has 3 aromatic heterocycles. The fourth-order valence-corrected chi connectivity index (χ4v) is 3.46. The zero-order valence-corrected chi connectivity index (χ0v) is 15.1. The molecule has 9 nitrogen and oxygen atoms in total. The van der Waals surface area contributed by atoms with Crippen molar-refractivity contribution in [1.82, 2.24) is 29.5 Å². The van der Waals surface area contributed by atoms with Crippen LogP contribution in [0.4, 0.5) is 0 Å². The average molecular weight is 370 g/mol. The summed E-state index contributed by atoms with van der Waals surface area (Å²) in [6, 6.07) is 3.71. The van der Waals surface area contributed by atoms with E-state index in [0.717, 1.165) is 24.3 Å². The third-order valence-corrected chi connectivity index (χ3v) is 5.01. The molecule has 1 aliphatic carbocycles. The van der Waals surface area contributed by atoms with Crippen molar-refractivity contribution in [2.24, 2.45) is 0 Å². The van der Waals surface area contributed by atoms with E-state index in [1.54, 1.807) is 25.6 Å². The number of methoxy groups -OCH3 is 1. The Kier molecular flexibility index (Phi) is 4.87. The molecule has 1 fully saturated rings. The van der Waals surface area contributed by atoms with Gasteiger partial charge in [0.2, 0.25) is 0 Å². The van der Waals surface area contributed by atoms with Gasteiger partial charge in [-0.15, -0.1) is 10.2 Å². The lowest BCUT2D eigenvalue weighted by atomic mass is 9.79. The van der Waals surface area contributed by atoms with E-state index >= 15 is 0 Å². The molecule has 0 saturated heterocycles. The SMILES string of the molecule is COCCn1c(CO)nnc1C1CC(NC(=O)c2ccc3nccn3c2)C1. The van der Waals surface area contributed by atoms with Gasteiger partial charge in [-0.3, -0.25) is 4.79 Å². The molecule has 0 aliphatic heterocycles. The Morgan fingerprint density at radius 3 is 3.00 bits per heavy atom. The predicted octanol–water partition coefficient (Wildman–Crippen LogP) is 0.740. The standard InChI is InChI=1S/C18H22N6O3/c1-27-7-6-24-16(11-25)21-22-17(24)13-8-14(9-13)20-18(26)12-2-3-15-19-4-5-23(15)10-12/h2-5,10,13-14,25H,6-9,11H2,1H3,(H,20,26). The number of carbonyl (C=O) groups excluding carboxylic acids is 1. The zero-order valence-electron chi connectivity index (χ0n) is 15.1. The number of aliphatic hydroxyl groups is 1. The lowest BCUT2D eigenvalue weighted by Crippen LogP contribution is -2.44. The average Bonchev–Trinajstić information content (AvgIpc) is 3.27. The van der Waals surface area contributed by atoms with E-state index in [9.17, 15) is 9.90 Å². The van der Waals surface area contributed by atoms with Crippen LogP contribution in [0.25, 0.3) is 5.65 Å². The third-order valence-electron chi connectivity index (χ3n) is 5.01. The van der Waals surface area contributed by atoms with Gasteiger partial charge in [0, 0.05) is 44.2 Å². The van der Waals surface area contributed by atoms with Crippen LogP contribution < -0.4 is 5.32 Å². The molecule has 4 rings (SSSR count). The van der Waals surface area contributed by atoms with Crippen molar-refractivity contribution in [3.8, 4) is 0 Å². The van der Waals surface area contributed by atoms with Crippen LogP contribution in [0.1, 0.15) is 40.8 Å². The summed E-state index contributed by atoms with van der Waals surface area (Å²) in [4.78, 5) is 16.7. The Hall–Kier alpha value is -2.78. The van der Waals surface area contributed by atoms with Crippen LogP contribution >= 0.6 is 0 Å². The van der Waals surface area contributed by atoms with Crippen molar-refractivity contribution in [3.05, 3.63) is 47.9 Å². The van der Waals surface area contributed by atoms with Crippen LogP contribution in [-0.2, 0) is 17.9 Å². The van der Waals surface area contributed by atoms with E-state index < -0.39 is 0 Å². The minimum atomic E-state index is -0.152. The number of aromatic nitrogens is 5. The highest BCUT2D eigenvalue weighted by molar-refractivity contribution is 5.94. The number of nitrogens with zero attached hydrogens (tertiary/aromatic N) is 5. The van der Waals surface area contributed by atoms with Crippen molar-refractivity contribution in [2.45, 2.75) is 38.0 Å². The van der Waals surface area contributed by atoms with Gasteiger partial charge < -0.3 is 24.1 Å². The van der Waals surface area contributed by atoms with Crippen molar-refractivity contribution in [2.75, 3.05) is 13.7 Å². The fraction of sp³-hybridized carbons (Fsp3) is 0.444. The number of carbonyl (C=O) groups is 1. The van der Waals surface area contributed by atoms with Crippen LogP contribution in [0.2, 0.25) is 0 Å². The lowest BCUT2D eigenvalue weighted by Gasteiger charge is -2.35. The first kappa shape index (κ1) is 17.6. The summed E-state index contributed by atoms with van der Waals surface area (Å²) in [5, 5.41) is 20.8. The van der Waals surface area contributed by atoms with E-state index in [2.05, 4.69) is 20.5 Å². The van der Waals surface area contributed by atoms with E-state index in [1.807, 2.05) is 21.2 Å². The number of ether oxygens (including phenoxy) is 1. The summed E-state index contributed by atoms with van der Waals surface area (Å²) in [6.07, 6.45) is 6.90. The van der Waals surface area contributed by atoms with Crippen LogP contribution in [0, 0.1) is 0 Å². The van der Waals surface area contributed by atoms with Crippen molar-refractivity contribution >= 4 is 11.6 Å². The van der Waals surface area contributed by atoms with E-state index in [4.69, 9.17) is 4.74 Å². The predicted molar refractivity (Wildman–Crippen MR) is 96.2 cm³/mol. The number of pyridine rings is 1. The second-order valence-electron chi connectivity index (χ2n) is 6.73. The van der Waals surface area contributed by atoms with E-state index in [-0.39, 0.29) is 24.5 Å². The minimum Gasteiger partial charge on any atom is -0.388 e. The maximum atomic E-state index is 12.5. The molecule has 9 heteroatoms. The second-order valence-corrected chi connectivity index (χ2v) is 6.73. The Labute approximate surface area is 156 Å². The van der Waals surface area contributed by atoms with E-state index in [0.29, 0.717) is 24.5 Å². The van der Waals surface area contributed by atoms with Gasteiger partial charge >= 0.3 is 0 Å². The first-order chi connectivity index (χ1) is 13.2. The number of nitrogens with one attached hydrogen (secondary N) is 1. The fourth-order valence-electron chi connectivity index (χ4n) is 3.46. The van der Waals surface area contributed by atoms with Crippen molar-refractivity contribution in [1.29, 1.82) is 0 Å². The number of aliphatic hydroxyl groups excluding tert-OH is 1. The molecule has 3 heterocycles. The van der Waals surface area contributed by atoms with Gasteiger partial charge in [0.05, 0.1) is 12.2 Å². The number of rotatable bonds is 7. The topological polar surface area (TPSA) is 107 Å². The molecular formula is C18H22N6O3. The molecule has 0 bridgehead atoms. The van der Waals surface area contributed by atoms with Crippen LogP contribution in [0.15, 0.2) is 30.7 Å². The molecule has 0 spiro atoms. The summed E-state index contributed by atoms with van der Waals surface area (Å²) < 4.78 is 8.87. The molecule has 3 aromatic rings. The first-order valence-corrected chi connectivity index (χ1v) is 8.95. The zero-order chi connectivity index (χ0) is 18.8. The van der Waals surface area contributed by atoms with Gasteiger partial charge in [-0.05, 0) is 25.0 Å². The Morgan fingerprint density at radius 2 is 2.22 bits per heavy atom. The highest BCUT2D eigenvalue weighted by Crippen LogP contribution is 2.36. The largest absolute Gasteiger partial charge is 0.388 e. The molecule has 0 radical (unpaired) electrons. The highest BCUT2D eigenvalue weighted by Gasteiger charge is 2.35. The molecule has 1 aliphatic rings. The molecule has 1 saturated carbocycles. The van der Waals surface area contributed by atoms with Crippen LogP contribution in [-0.4, -0.2) is 54.9 Å². The Balaban J connectivity index is 1.38. The molecule has 2 N–H and O–H groups in total.